The van der Waals surface area contributed by atoms with Crippen molar-refractivity contribution in [3.8, 4) is 5.75 Å². The number of likely N-dealkylation sites (tertiary alicyclic amines) is 1. The van der Waals surface area contributed by atoms with Gasteiger partial charge in [0, 0.05) is 13.1 Å². The number of carbonyl (C=O) groups is 2. The Hall–Kier alpha value is -2.19. The van der Waals surface area contributed by atoms with Crippen LogP contribution in [0.2, 0.25) is 0 Å². The first-order chi connectivity index (χ1) is 10.9. The smallest absolute Gasteiger partial charge is 0.317 e. The first kappa shape index (κ1) is 17.2. The molecule has 1 aromatic rings. The van der Waals surface area contributed by atoms with Crippen LogP contribution in [0.25, 0.3) is 0 Å². The molecule has 0 unspecified atom stereocenters. The van der Waals surface area contributed by atoms with E-state index >= 15 is 0 Å². The van der Waals surface area contributed by atoms with E-state index in [1.165, 1.54) is 34.1 Å². The number of carbonyl (C=O) groups excluding carboxylic acids is 1. The topological polar surface area (TPSA) is 90.3 Å². The summed E-state index contributed by atoms with van der Waals surface area (Å²) in [7, 11) is 1.59. The number of aliphatic hydroxyl groups is 1. The molecular formula is C15H19FN2O5. The molecule has 2 rings (SSSR count). The van der Waals surface area contributed by atoms with Crippen LogP contribution < -0.4 is 4.74 Å². The summed E-state index contributed by atoms with van der Waals surface area (Å²) >= 11 is 0. The van der Waals surface area contributed by atoms with Gasteiger partial charge in [0.15, 0.2) is 6.61 Å². The van der Waals surface area contributed by atoms with E-state index in [2.05, 4.69) is 0 Å². The van der Waals surface area contributed by atoms with Crippen LogP contribution in [0.1, 0.15) is 0 Å². The Balaban J connectivity index is 1.86. The Kier molecular flexibility index (Phi) is 5.51. The van der Waals surface area contributed by atoms with E-state index in [-0.39, 0.29) is 32.1 Å². The van der Waals surface area contributed by atoms with Gasteiger partial charge in [-0.05, 0) is 31.3 Å². The second-order valence-electron chi connectivity index (χ2n) is 5.48. The lowest BCUT2D eigenvalue weighted by Crippen LogP contribution is -2.43. The summed E-state index contributed by atoms with van der Waals surface area (Å²) in [5, 5.41) is 18.8. The first-order valence-electron chi connectivity index (χ1n) is 7.13. The van der Waals surface area contributed by atoms with Gasteiger partial charge in [0.05, 0.1) is 18.7 Å². The van der Waals surface area contributed by atoms with Gasteiger partial charge >= 0.3 is 5.97 Å². The largest absolute Gasteiger partial charge is 0.484 e. The van der Waals surface area contributed by atoms with Crippen LogP contribution in [0.15, 0.2) is 24.3 Å². The lowest BCUT2D eigenvalue weighted by molar-refractivity contribution is -0.138. The van der Waals surface area contributed by atoms with E-state index in [4.69, 9.17) is 9.84 Å². The maximum Gasteiger partial charge on any atom is 0.317 e. The highest BCUT2D eigenvalue weighted by Crippen LogP contribution is 2.16. The van der Waals surface area contributed by atoms with Crippen molar-refractivity contribution in [2.45, 2.75) is 12.1 Å². The number of aliphatic hydroxyl groups excluding tert-OH is 1. The summed E-state index contributed by atoms with van der Waals surface area (Å²) in [6.45, 7) is -0.0830. The second-order valence-corrected chi connectivity index (χ2v) is 5.48. The summed E-state index contributed by atoms with van der Waals surface area (Å²) in [6, 6.07) is 4.88. The van der Waals surface area contributed by atoms with Crippen molar-refractivity contribution < 1.29 is 28.9 Å². The molecule has 1 aliphatic rings. The lowest BCUT2D eigenvalue weighted by Gasteiger charge is -2.24. The van der Waals surface area contributed by atoms with Gasteiger partial charge in [-0.2, -0.15) is 0 Å². The average Bonchev–Trinajstić information content (AvgIpc) is 2.88. The third kappa shape index (κ3) is 4.64. The van der Waals surface area contributed by atoms with Crippen molar-refractivity contribution >= 4 is 11.9 Å². The summed E-state index contributed by atoms with van der Waals surface area (Å²) in [6.07, 6.45) is -0.811. The van der Waals surface area contributed by atoms with Crippen LogP contribution in [-0.2, 0) is 9.59 Å². The van der Waals surface area contributed by atoms with Gasteiger partial charge in [0.25, 0.3) is 5.91 Å². The number of β-amino-alcohol motifs (C(OH)–C–C–N with tert-alkyl or cyclic N) is 1. The molecule has 0 saturated carbocycles. The number of amides is 1. The Morgan fingerprint density at radius 1 is 1.35 bits per heavy atom. The molecule has 0 bridgehead atoms. The standard InChI is InChI=1S/C15H19FN2O5/c1-17(8-15(21)22)12-6-18(7-13(12)19)14(20)9-23-11-4-2-10(16)3-5-11/h2-5,12-13,19H,6-9H2,1H3,(H,21,22)/t12-,13+/m0/s1. The highest BCUT2D eigenvalue weighted by Gasteiger charge is 2.36. The maximum atomic E-state index is 12.8. The molecule has 126 valence electrons. The maximum absolute atomic E-state index is 12.8. The number of ether oxygens (including phenoxy) is 1. The number of likely N-dealkylation sites (N-methyl/N-ethyl adjacent to an activating group) is 1. The van der Waals surface area contributed by atoms with Crippen LogP contribution in [0.5, 0.6) is 5.75 Å². The fourth-order valence-electron chi connectivity index (χ4n) is 2.50. The highest BCUT2D eigenvalue weighted by molar-refractivity contribution is 5.78. The third-order valence-electron chi connectivity index (χ3n) is 3.74. The number of nitrogens with zero attached hydrogens (tertiary/aromatic N) is 2. The average molecular weight is 326 g/mol. The van der Waals surface area contributed by atoms with Gasteiger partial charge in [-0.25, -0.2) is 4.39 Å². The predicted molar refractivity (Wildman–Crippen MR) is 78.5 cm³/mol. The summed E-state index contributed by atoms with van der Waals surface area (Å²) in [5.41, 5.74) is 0. The van der Waals surface area contributed by atoms with Crippen LogP contribution in [-0.4, -0.2) is 77.3 Å². The van der Waals surface area contributed by atoms with Crippen molar-refractivity contribution in [2.75, 3.05) is 33.3 Å². The fraction of sp³-hybridized carbons (Fsp3) is 0.467. The number of carboxylic acid groups (broad SMARTS) is 1. The second kappa shape index (κ2) is 7.38. The minimum atomic E-state index is -0.996. The summed E-state index contributed by atoms with van der Waals surface area (Å²) < 4.78 is 18.1. The minimum absolute atomic E-state index is 0.125. The van der Waals surface area contributed by atoms with E-state index in [1.807, 2.05) is 0 Å². The highest BCUT2D eigenvalue weighted by atomic mass is 19.1. The van der Waals surface area contributed by atoms with Gasteiger partial charge in [-0.1, -0.05) is 0 Å². The van der Waals surface area contributed by atoms with Crippen LogP contribution in [0, 0.1) is 5.82 Å². The van der Waals surface area contributed by atoms with E-state index in [1.54, 1.807) is 7.05 Å². The van der Waals surface area contributed by atoms with Crippen molar-refractivity contribution in [1.29, 1.82) is 0 Å². The molecule has 1 aliphatic heterocycles. The van der Waals surface area contributed by atoms with Crippen molar-refractivity contribution in [3.05, 3.63) is 30.1 Å². The molecule has 1 saturated heterocycles. The molecule has 1 amide bonds. The lowest BCUT2D eigenvalue weighted by atomic mass is 10.2. The third-order valence-corrected chi connectivity index (χ3v) is 3.74. The van der Waals surface area contributed by atoms with Gasteiger partial charge in [-0.3, -0.25) is 14.5 Å². The van der Waals surface area contributed by atoms with Crippen molar-refractivity contribution in [1.82, 2.24) is 9.80 Å². The molecule has 0 aromatic heterocycles. The molecule has 23 heavy (non-hydrogen) atoms. The Morgan fingerprint density at radius 3 is 2.61 bits per heavy atom. The van der Waals surface area contributed by atoms with E-state index in [0.29, 0.717) is 5.75 Å². The zero-order valence-corrected chi connectivity index (χ0v) is 12.7. The minimum Gasteiger partial charge on any atom is -0.484 e. The molecule has 0 aliphatic carbocycles. The van der Waals surface area contributed by atoms with Gasteiger partial charge in [0.2, 0.25) is 0 Å². The van der Waals surface area contributed by atoms with E-state index in [9.17, 15) is 19.1 Å². The number of hydrogen-bond donors (Lipinski definition) is 2. The predicted octanol–water partition coefficient (Wildman–Crippen LogP) is -0.207. The van der Waals surface area contributed by atoms with Crippen LogP contribution in [0.4, 0.5) is 4.39 Å². The zero-order valence-electron chi connectivity index (χ0n) is 12.7. The first-order valence-corrected chi connectivity index (χ1v) is 7.13. The molecule has 1 aromatic carbocycles. The van der Waals surface area contributed by atoms with Crippen LogP contribution >= 0.6 is 0 Å². The summed E-state index contributed by atoms with van der Waals surface area (Å²) in [5.74, 6) is -1.33. The molecule has 1 fully saturated rings. The molecule has 0 radical (unpaired) electrons. The Morgan fingerprint density at radius 2 is 2.00 bits per heavy atom. The fourth-order valence-corrected chi connectivity index (χ4v) is 2.50. The van der Waals surface area contributed by atoms with Gasteiger partial charge in [-0.15, -0.1) is 0 Å². The van der Waals surface area contributed by atoms with Gasteiger partial charge in [0.1, 0.15) is 11.6 Å². The van der Waals surface area contributed by atoms with Gasteiger partial charge < -0.3 is 19.8 Å². The van der Waals surface area contributed by atoms with E-state index < -0.39 is 23.9 Å². The molecule has 2 N–H and O–H groups in total. The normalized spacial score (nSPS) is 20.8. The Bertz CT molecular complexity index is 565. The number of halogens is 1. The number of carboxylic acids is 1. The summed E-state index contributed by atoms with van der Waals surface area (Å²) in [4.78, 5) is 25.8. The monoisotopic (exact) mass is 326 g/mol. The number of benzene rings is 1. The molecule has 2 atom stereocenters. The molecule has 0 spiro atoms. The van der Waals surface area contributed by atoms with Crippen molar-refractivity contribution in [3.63, 3.8) is 0 Å². The SMILES string of the molecule is CN(CC(=O)O)[C@H]1CN(C(=O)COc2ccc(F)cc2)C[C@H]1O. The quantitative estimate of drug-likeness (QED) is 0.752. The zero-order chi connectivity index (χ0) is 17.0. The van der Waals surface area contributed by atoms with E-state index in [0.717, 1.165) is 0 Å². The number of hydrogen-bond acceptors (Lipinski definition) is 5. The molecular weight excluding hydrogens is 307 g/mol. The molecule has 8 heteroatoms. The number of rotatable bonds is 6. The molecule has 7 nitrogen and oxygen atoms in total. The number of aliphatic carboxylic acids is 1. The molecule has 1 heterocycles. The van der Waals surface area contributed by atoms with Crippen molar-refractivity contribution in [2.24, 2.45) is 0 Å². The van der Waals surface area contributed by atoms with Crippen LogP contribution in [0.3, 0.4) is 0 Å². The Labute approximate surface area is 132 Å².